The number of hydrogen-bond acceptors (Lipinski definition) is 3. The lowest BCUT2D eigenvalue weighted by Gasteiger charge is -2.24. The highest BCUT2D eigenvalue weighted by Crippen LogP contribution is 2.25. The Labute approximate surface area is 192 Å². The van der Waals surface area contributed by atoms with Gasteiger partial charge >= 0.3 is 0 Å². The van der Waals surface area contributed by atoms with Crippen LogP contribution in [0.5, 0.6) is 0 Å². The Balaban J connectivity index is 1.52. The molecule has 0 spiro atoms. The second-order valence-corrected chi connectivity index (χ2v) is 8.38. The van der Waals surface area contributed by atoms with Crippen LogP contribution in [0.3, 0.4) is 0 Å². The van der Waals surface area contributed by atoms with Crippen molar-refractivity contribution in [2.45, 2.75) is 32.4 Å². The van der Waals surface area contributed by atoms with Crippen molar-refractivity contribution in [1.82, 2.24) is 14.8 Å². The molecule has 4 rings (SSSR count). The molecule has 6 nitrogen and oxygen atoms in total. The van der Waals surface area contributed by atoms with Gasteiger partial charge in [-0.3, -0.25) is 14.5 Å². The first-order chi connectivity index (χ1) is 15.5. The van der Waals surface area contributed by atoms with E-state index in [2.05, 4.69) is 16.9 Å². The molecule has 1 aliphatic heterocycles. The summed E-state index contributed by atoms with van der Waals surface area (Å²) in [5.74, 6) is -0.365. The number of rotatable bonds is 8. The highest BCUT2D eigenvalue weighted by atomic mass is 32.1. The van der Waals surface area contributed by atoms with Crippen molar-refractivity contribution in [2.24, 2.45) is 0 Å². The summed E-state index contributed by atoms with van der Waals surface area (Å²) in [7, 11) is 0. The van der Waals surface area contributed by atoms with Crippen molar-refractivity contribution in [3.63, 3.8) is 0 Å². The Morgan fingerprint density at radius 2 is 2.00 bits per heavy atom. The summed E-state index contributed by atoms with van der Waals surface area (Å²) in [6, 6.07) is 15.1. The molecular weight excluding hydrogens is 420 g/mol. The van der Waals surface area contributed by atoms with Crippen LogP contribution in [0.4, 0.5) is 5.69 Å². The number of nitrogens with one attached hydrogen (secondary N) is 2. The van der Waals surface area contributed by atoms with E-state index in [0.717, 1.165) is 22.0 Å². The minimum absolute atomic E-state index is 0.0260. The van der Waals surface area contributed by atoms with Gasteiger partial charge in [-0.05, 0) is 54.7 Å². The number of benzene rings is 2. The molecule has 0 radical (unpaired) electrons. The maximum atomic E-state index is 13.2. The van der Waals surface area contributed by atoms with Gasteiger partial charge in [-0.1, -0.05) is 42.0 Å². The number of anilines is 1. The number of carbonyl (C=O) groups excluding carboxylic acids is 2. The number of aromatic amines is 1. The van der Waals surface area contributed by atoms with E-state index in [9.17, 15) is 9.59 Å². The van der Waals surface area contributed by atoms with Gasteiger partial charge < -0.3 is 15.2 Å². The minimum Gasteiger partial charge on any atom is -0.361 e. The molecule has 0 aliphatic carbocycles. The van der Waals surface area contributed by atoms with Crippen molar-refractivity contribution in [2.75, 3.05) is 11.9 Å². The highest BCUT2D eigenvalue weighted by molar-refractivity contribution is 7.80. The van der Waals surface area contributed by atoms with E-state index in [4.69, 9.17) is 12.2 Å². The minimum atomic E-state index is -0.636. The lowest BCUT2D eigenvalue weighted by molar-refractivity contribution is -0.130. The Morgan fingerprint density at radius 3 is 2.75 bits per heavy atom. The van der Waals surface area contributed by atoms with Crippen LogP contribution in [0.15, 0.2) is 67.4 Å². The molecule has 0 bridgehead atoms. The summed E-state index contributed by atoms with van der Waals surface area (Å²) in [6.45, 7) is 6.71. The molecule has 32 heavy (non-hydrogen) atoms. The standard InChI is InChI=1S/C25H26N4O2S/c1-3-4-13-28-24(31)22(29(25(28)32)16-18-7-5-17(2)6-8-18)15-23(30)27-20-10-9-19-11-12-26-21(19)14-20/h3,5-12,14,22,26H,1,4,13,15-16H2,2H3,(H,27,30). The quantitative estimate of drug-likeness (QED) is 0.398. The summed E-state index contributed by atoms with van der Waals surface area (Å²) >= 11 is 5.64. The average molecular weight is 447 g/mol. The number of thiocarbonyl (C=S) groups is 1. The number of aryl methyl sites for hydroxylation is 1. The van der Waals surface area contributed by atoms with E-state index < -0.39 is 6.04 Å². The number of amides is 2. The Hall–Kier alpha value is -3.45. The Kier molecular flexibility index (Phi) is 6.37. The molecule has 2 heterocycles. The third-order valence-corrected chi connectivity index (χ3v) is 6.11. The van der Waals surface area contributed by atoms with E-state index >= 15 is 0 Å². The lowest BCUT2D eigenvalue weighted by atomic mass is 10.1. The molecule has 1 fully saturated rings. The number of nitrogens with zero attached hydrogens (tertiary/aromatic N) is 2. The fourth-order valence-corrected chi connectivity index (χ4v) is 4.27. The summed E-state index contributed by atoms with van der Waals surface area (Å²) in [4.78, 5) is 32.7. The third kappa shape index (κ3) is 4.57. The first-order valence-electron chi connectivity index (χ1n) is 10.6. The van der Waals surface area contributed by atoms with Crippen LogP contribution in [0, 0.1) is 6.92 Å². The number of aromatic nitrogens is 1. The fraction of sp³-hybridized carbons (Fsp3) is 0.240. The van der Waals surface area contributed by atoms with Crippen LogP contribution in [0.25, 0.3) is 10.9 Å². The summed E-state index contributed by atoms with van der Waals surface area (Å²) in [6.07, 6.45) is 4.28. The molecule has 1 saturated heterocycles. The van der Waals surface area contributed by atoms with Gasteiger partial charge in [0, 0.05) is 30.5 Å². The van der Waals surface area contributed by atoms with Gasteiger partial charge in [-0.15, -0.1) is 6.58 Å². The van der Waals surface area contributed by atoms with Crippen molar-refractivity contribution >= 4 is 45.7 Å². The van der Waals surface area contributed by atoms with Crippen LogP contribution in [0.1, 0.15) is 24.0 Å². The molecule has 0 saturated carbocycles. The van der Waals surface area contributed by atoms with Gasteiger partial charge in [-0.25, -0.2) is 0 Å². The summed E-state index contributed by atoms with van der Waals surface area (Å²) in [5.41, 5.74) is 3.83. The Morgan fingerprint density at radius 1 is 1.22 bits per heavy atom. The van der Waals surface area contributed by atoms with Gasteiger partial charge in [0.1, 0.15) is 6.04 Å². The van der Waals surface area contributed by atoms with E-state index in [-0.39, 0.29) is 18.2 Å². The number of hydrogen-bond donors (Lipinski definition) is 2. The summed E-state index contributed by atoms with van der Waals surface area (Å²) in [5, 5.41) is 4.45. The van der Waals surface area contributed by atoms with E-state index in [1.165, 1.54) is 0 Å². The molecule has 1 atom stereocenters. The normalized spacial score (nSPS) is 16.1. The van der Waals surface area contributed by atoms with Gasteiger partial charge in [0.05, 0.1) is 6.42 Å². The van der Waals surface area contributed by atoms with Crippen LogP contribution in [-0.2, 0) is 16.1 Å². The number of carbonyl (C=O) groups is 2. The zero-order valence-corrected chi connectivity index (χ0v) is 18.8. The van der Waals surface area contributed by atoms with Gasteiger partial charge in [0.25, 0.3) is 5.91 Å². The second kappa shape index (κ2) is 9.36. The molecule has 2 amide bonds. The molecule has 2 N–H and O–H groups in total. The van der Waals surface area contributed by atoms with Crippen molar-refractivity contribution < 1.29 is 9.59 Å². The van der Waals surface area contributed by atoms with E-state index in [1.807, 2.05) is 66.6 Å². The van der Waals surface area contributed by atoms with Gasteiger partial charge in [0.2, 0.25) is 5.91 Å². The van der Waals surface area contributed by atoms with E-state index in [1.54, 1.807) is 11.0 Å². The highest BCUT2D eigenvalue weighted by Gasteiger charge is 2.42. The maximum Gasteiger partial charge on any atom is 0.252 e. The van der Waals surface area contributed by atoms with Crippen LogP contribution >= 0.6 is 12.2 Å². The molecule has 3 aromatic rings. The molecular formula is C25H26N4O2S. The fourth-order valence-electron chi connectivity index (χ4n) is 3.90. The van der Waals surface area contributed by atoms with Crippen LogP contribution in [-0.4, -0.2) is 44.3 Å². The van der Waals surface area contributed by atoms with Crippen molar-refractivity contribution in [3.05, 3.63) is 78.5 Å². The molecule has 164 valence electrons. The monoisotopic (exact) mass is 446 g/mol. The first kappa shape index (κ1) is 21.8. The van der Waals surface area contributed by atoms with Gasteiger partial charge in [0.15, 0.2) is 5.11 Å². The SMILES string of the molecule is C=CCCN1C(=O)C(CC(=O)Nc2ccc3cc[nH]c3c2)N(Cc2ccc(C)cc2)C1=S. The van der Waals surface area contributed by atoms with Crippen LogP contribution in [0.2, 0.25) is 0 Å². The zero-order valence-electron chi connectivity index (χ0n) is 18.0. The zero-order chi connectivity index (χ0) is 22.7. The molecule has 7 heteroatoms. The largest absolute Gasteiger partial charge is 0.361 e. The first-order valence-corrected chi connectivity index (χ1v) is 11.0. The second-order valence-electron chi connectivity index (χ2n) is 8.01. The van der Waals surface area contributed by atoms with Crippen molar-refractivity contribution in [3.8, 4) is 0 Å². The third-order valence-electron chi connectivity index (χ3n) is 5.65. The predicted molar refractivity (Wildman–Crippen MR) is 131 cm³/mol. The smallest absolute Gasteiger partial charge is 0.252 e. The topological polar surface area (TPSA) is 68.4 Å². The maximum absolute atomic E-state index is 13.2. The lowest BCUT2D eigenvalue weighted by Crippen LogP contribution is -2.37. The Bertz CT molecular complexity index is 1170. The van der Waals surface area contributed by atoms with Crippen molar-refractivity contribution in [1.29, 1.82) is 0 Å². The molecule has 1 aromatic heterocycles. The number of fused-ring (bicyclic) bond motifs is 1. The molecule has 1 aliphatic rings. The summed E-state index contributed by atoms with van der Waals surface area (Å²) < 4.78 is 0. The van der Waals surface area contributed by atoms with Crippen LogP contribution < -0.4 is 5.32 Å². The average Bonchev–Trinajstić information content (AvgIpc) is 3.32. The van der Waals surface area contributed by atoms with E-state index in [0.29, 0.717) is 30.3 Å². The predicted octanol–water partition coefficient (Wildman–Crippen LogP) is 4.38. The number of H-pyrrole nitrogens is 1. The molecule has 1 unspecified atom stereocenters. The van der Waals surface area contributed by atoms with Gasteiger partial charge in [-0.2, -0.15) is 0 Å². The molecule has 2 aromatic carbocycles.